The second-order valence-electron chi connectivity index (χ2n) is 4.93. The molecule has 0 radical (unpaired) electrons. The van der Waals surface area contributed by atoms with E-state index in [9.17, 15) is 18.0 Å². The summed E-state index contributed by atoms with van der Waals surface area (Å²) in [5.74, 6) is -3.82. The Kier molecular flexibility index (Phi) is 3.67. The smallest absolute Gasteiger partial charge is 0.223 e. The van der Waals surface area contributed by atoms with Gasteiger partial charge in [-0.25, -0.2) is 13.2 Å². The summed E-state index contributed by atoms with van der Waals surface area (Å²) in [4.78, 5) is 18.4. The first-order chi connectivity index (χ1) is 10.0. The van der Waals surface area contributed by atoms with Gasteiger partial charge in [-0.1, -0.05) is 0 Å². The molecule has 1 aromatic heterocycles. The minimum Gasteiger partial charge on any atom is -0.337 e. The molecule has 1 saturated heterocycles. The van der Waals surface area contributed by atoms with Crippen LogP contribution in [0.15, 0.2) is 23.8 Å². The largest absolute Gasteiger partial charge is 0.337 e. The minimum atomic E-state index is -1.22. The average molecular weight is 312 g/mol. The predicted octanol–water partition coefficient (Wildman–Crippen LogP) is 3.08. The van der Waals surface area contributed by atoms with E-state index in [0.717, 1.165) is 10.9 Å². The Hall–Kier alpha value is -1.89. The molecule has 1 amide bonds. The summed E-state index contributed by atoms with van der Waals surface area (Å²) in [5, 5.41) is 0. The third kappa shape index (κ3) is 2.78. The first-order valence-corrected chi connectivity index (χ1v) is 7.22. The molecule has 110 valence electrons. The van der Waals surface area contributed by atoms with Gasteiger partial charge in [0.15, 0.2) is 11.6 Å². The quantitative estimate of drug-likeness (QED) is 0.816. The van der Waals surface area contributed by atoms with Crippen molar-refractivity contribution in [1.29, 1.82) is 0 Å². The van der Waals surface area contributed by atoms with Crippen molar-refractivity contribution in [2.45, 2.75) is 18.9 Å². The van der Waals surface area contributed by atoms with Crippen LogP contribution in [0.5, 0.6) is 0 Å². The van der Waals surface area contributed by atoms with Gasteiger partial charge in [-0.15, -0.1) is 11.3 Å². The van der Waals surface area contributed by atoms with Crippen LogP contribution in [-0.4, -0.2) is 22.3 Å². The van der Waals surface area contributed by atoms with Crippen LogP contribution in [0.1, 0.15) is 22.8 Å². The molecule has 1 unspecified atom stereocenters. The number of rotatable bonds is 3. The Bertz CT molecular complexity index is 675. The monoisotopic (exact) mass is 312 g/mol. The number of hydrogen-bond donors (Lipinski definition) is 0. The zero-order valence-electron chi connectivity index (χ0n) is 10.9. The number of hydrogen-bond acceptors (Lipinski definition) is 3. The van der Waals surface area contributed by atoms with Crippen molar-refractivity contribution in [2.75, 3.05) is 6.54 Å². The van der Waals surface area contributed by atoms with Gasteiger partial charge in [0.1, 0.15) is 5.82 Å². The zero-order valence-corrected chi connectivity index (χ0v) is 11.7. The molecule has 3 rings (SSSR count). The van der Waals surface area contributed by atoms with Crippen LogP contribution in [0.2, 0.25) is 0 Å². The summed E-state index contributed by atoms with van der Waals surface area (Å²) in [6, 6.07) is 1.47. The lowest BCUT2D eigenvalue weighted by Crippen LogP contribution is -2.24. The van der Waals surface area contributed by atoms with Crippen LogP contribution in [0, 0.1) is 17.5 Å². The van der Waals surface area contributed by atoms with Crippen LogP contribution in [-0.2, 0) is 11.3 Å². The summed E-state index contributed by atoms with van der Waals surface area (Å²) < 4.78 is 40.3. The van der Waals surface area contributed by atoms with E-state index in [-0.39, 0.29) is 24.4 Å². The lowest BCUT2D eigenvalue weighted by Gasteiger charge is -2.16. The first-order valence-electron chi connectivity index (χ1n) is 6.34. The number of likely N-dealkylation sites (tertiary alicyclic amines) is 1. The molecule has 0 bridgehead atoms. The summed E-state index contributed by atoms with van der Waals surface area (Å²) >= 11 is 1.42. The van der Waals surface area contributed by atoms with Gasteiger partial charge in [0.2, 0.25) is 5.91 Å². The lowest BCUT2D eigenvalue weighted by molar-refractivity contribution is -0.128. The Morgan fingerprint density at radius 2 is 2.14 bits per heavy atom. The Morgan fingerprint density at radius 1 is 1.33 bits per heavy atom. The molecule has 2 aromatic rings. The molecule has 3 nitrogen and oxygen atoms in total. The highest BCUT2D eigenvalue weighted by Crippen LogP contribution is 2.32. The van der Waals surface area contributed by atoms with Crippen LogP contribution >= 0.6 is 11.3 Å². The standard InChI is InChI=1S/C14H11F3N2OS/c15-9-2-11(14(17)12(16)3-9)8-1-13(20)19(5-8)6-10-4-18-7-21-10/h2-4,7-8H,1,5-6H2. The number of thiazole rings is 1. The number of halogens is 3. The molecule has 1 atom stereocenters. The van der Waals surface area contributed by atoms with Gasteiger partial charge >= 0.3 is 0 Å². The van der Waals surface area contributed by atoms with Crippen LogP contribution in [0.25, 0.3) is 0 Å². The number of carbonyl (C=O) groups excluding carboxylic acids is 1. The average Bonchev–Trinajstić information content (AvgIpc) is 3.05. The van der Waals surface area contributed by atoms with Crippen molar-refractivity contribution in [2.24, 2.45) is 0 Å². The fourth-order valence-electron chi connectivity index (χ4n) is 2.51. The minimum absolute atomic E-state index is 0.0542. The highest BCUT2D eigenvalue weighted by Gasteiger charge is 2.33. The SMILES string of the molecule is O=C1CC(c2cc(F)cc(F)c2F)CN1Cc1cncs1. The maximum Gasteiger partial charge on any atom is 0.223 e. The van der Waals surface area contributed by atoms with E-state index in [1.807, 2.05) is 0 Å². The zero-order chi connectivity index (χ0) is 15.0. The third-order valence-corrected chi connectivity index (χ3v) is 4.27. The molecular formula is C14H11F3N2OS. The van der Waals surface area contributed by atoms with E-state index in [1.54, 1.807) is 16.6 Å². The number of amides is 1. The number of benzene rings is 1. The molecule has 1 aliphatic heterocycles. The van der Waals surface area contributed by atoms with E-state index in [4.69, 9.17) is 0 Å². The van der Waals surface area contributed by atoms with Gasteiger partial charge in [0.25, 0.3) is 0 Å². The highest BCUT2D eigenvalue weighted by molar-refractivity contribution is 7.09. The van der Waals surface area contributed by atoms with Gasteiger partial charge in [0, 0.05) is 36.0 Å². The maximum atomic E-state index is 13.8. The number of aromatic nitrogens is 1. The molecule has 0 spiro atoms. The fraction of sp³-hybridized carbons (Fsp3) is 0.286. The topological polar surface area (TPSA) is 33.2 Å². The van der Waals surface area contributed by atoms with Gasteiger partial charge < -0.3 is 4.90 Å². The number of carbonyl (C=O) groups is 1. The maximum absolute atomic E-state index is 13.8. The van der Waals surface area contributed by atoms with Crippen molar-refractivity contribution < 1.29 is 18.0 Å². The summed E-state index contributed by atoms with van der Waals surface area (Å²) in [5.41, 5.74) is 1.59. The predicted molar refractivity (Wildman–Crippen MR) is 71.2 cm³/mol. The molecule has 0 N–H and O–H groups in total. The fourth-order valence-corrected chi connectivity index (χ4v) is 3.12. The van der Waals surface area contributed by atoms with Crippen molar-refractivity contribution in [3.63, 3.8) is 0 Å². The molecule has 21 heavy (non-hydrogen) atoms. The van der Waals surface area contributed by atoms with Crippen LogP contribution in [0.3, 0.4) is 0 Å². The Balaban J connectivity index is 1.81. The lowest BCUT2D eigenvalue weighted by atomic mass is 9.97. The second kappa shape index (κ2) is 5.48. The van der Waals surface area contributed by atoms with Crippen molar-refractivity contribution >= 4 is 17.2 Å². The van der Waals surface area contributed by atoms with E-state index >= 15 is 0 Å². The normalized spacial score (nSPS) is 18.5. The van der Waals surface area contributed by atoms with Crippen molar-refractivity contribution in [3.05, 3.63) is 51.7 Å². The molecule has 7 heteroatoms. The third-order valence-electron chi connectivity index (χ3n) is 3.51. The van der Waals surface area contributed by atoms with Gasteiger partial charge in [-0.3, -0.25) is 9.78 Å². The summed E-state index contributed by atoms with van der Waals surface area (Å²) in [7, 11) is 0. The van der Waals surface area contributed by atoms with Crippen molar-refractivity contribution in [1.82, 2.24) is 9.88 Å². The second-order valence-corrected chi connectivity index (χ2v) is 5.90. The Labute approximate surface area is 123 Å². The summed E-state index contributed by atoms with van der Waals surface area (Å²) in [6.45, 7) is 0.635. The van der Waals surface area contributed by atoms with Crippen LogP contribution < -0.4 is 0 Å². The molecule has 0 saturated carbocycles. The summed E-state index contributed by atoms with van der Waals surface area (Å²) in [6.07, 6.45) is 1.71. The van der Waals surface area contributed by atoms with Crippen molar-refractivity contribution in [3.8, 4) is 0 Å². The first kappa shape index (κ1) is 14.1. The molecule has 1 fully saturated rings. The highest BCUT2D eigenvalue weighted by atomic mass is 32.1. The van der Waals surface area contributed by atoms with Gasteiger partial charge in [0.05, 0.1) is 12.1 Å². The Morgan fingerprint density at radius 3 is 2.86 bits per heavy atom. The van der Waals surface area contributed by atoms with E-state index < -0.39 is 23.4 Å². The van der Waals surface area contributed by atoms with E-state index in [2.05, 4.69) is 4.98 Å². The van der Waals surface area contributed by atoms with Gasteiger partial charge in [-0.05, 0) is 11.6 Å². The van der Waals surface area contributed by atoms with E-state index in [1.165, 1.54) is 11.3 Å². The molecule has 2 heterocycles. The van der Waals surface area contributed by atoms with Gasteiger partial charge in [-0.2, -0.15) is 0 Å². The molecule has 1 aliphatic rings. The molecular weight excluding hydrogens is 301 g/mol. The van der Waals surface area contributed by atoms with Crippen LogP contribution in [0.4, 0.5) is 13.2 Å². The molecule has 0 aliphatic carbocycles. The molecule has 1 aromatic carbocycles. The van der Waals surface area contributed by atoms with E-state index in [0.29, 0.717) is 12.6 Å². The number of nitrogens with zero attached hydrogens (tertiary/aromatic N) is 2.